The fourth-order valence-corrected chi connectivity index (χ4v) is 1.98. The average Bonchev–Trinajstić information content (AvgIpc) is 2.90. The molecule has 0 unspecified atom stereocenters. The number of hydrogen-bond acceptors (Lipinski definition) is 0. The number of aromatic nitrogens is 1. The van der Waals surface area contributed by atoms with Crippen molar-refractivity contribution in [3.63, 3.8) is 0 Å². The van der Waals surface area contributed by atoms with Crippen LogP contribution in [-0.4, -0.2) is 4.98 Å². The molecule has 1 nitrogen and oxygen atoms in total. The number of halogens is 1. The third-order valence-corrected chi connectivity index (χ3v) is 2.93. The Labute approximate surface area is 105 Å². The lowest BCUT2D eigenvalue weighted by atomic mass is 10.1. The molecule has 0 fully saturated rings. The van der Waals surface area contributed by atoms with E-state index in [4.69, 9.17) is 0 Å². The van der Waals surface area contributed by atoms with Crippen LogP contribution in [0.3, 0.4) is 0 Å². The number of nitrogens with one attached hydrogen (secondary N) is 1. The highest BCUT2D eigenvalue weighted by atomic mass is 19.1. The first kappa shape index (κ1) is 10.8. The van der Waals surface area contributed by atoms with Gasteiger partial charge in [0.2, 0.25) is 0 Å². The molecule has 0 aliphatic heterocycles. The Morgan fingerprint density at radius 3 is 1.78 bits per heavy atom. The smallest absolute Gasteiger partial charge is 0.123 e. The second-order valence-electron chi connectivity index (χ2n) is 4.16. The fourth-order valence-electron chi connectivity index (χ4n) is 1.98. The van der Waals surface area contributed by atoms with Crippen molar-refractivity contribution in [2.75, 3.05) is 0 Å². The van der Waals surface area contributed by atoms with Gasteiger partial charge in [0.05, 0.1) is 0 Å². The Balaban J connectivity index is 1.97. The molecular weight excluding hydrogens is 225 g/mol. The van der Waals surface area contributed by atoms with Crippen molar-refractivity contribution in [3.05, 3.63) is 72.5 Å². The average molecular weight is 237 g/mol. The number of benzene rings is 2. The van der Waals surface area contributed by atoms with Crippen LogP contribution in [0.15, 0.2) is 66.7 Å². The van der Waals surface area contributed by atoms with Gasteiger partial charge in [-0.1, -0.05) is 30.3 Å². The molecule has 0 saturated carbocycles. The van der Waals surface area contributed by atoms with E-state index in [1.54, 1.807) is 12.1 Å². The monoisotopic (exact) mass is 237 g/mol. The summed E-state index contributed by atoms with van der Waals surface area (Å²) in [5.41, 5.74) is 4.19. The van der Waals surface area contributed by atoms with E-state index in [1.165, 1.54) is 12.1 Å². The van der Waals surface area contributed by atoms with Gasteiger partial charge in [0.15, 0.2) is 0 Å². The molecule has 1 N–H and O–H groups in total. The molecule has 0 spiro atoms. The molecular formula is C16H12FN. The summed E-state index contributed by atoms with van der Waals surface area (Å²) in [5, 5.41) is 0. The molecule has 1 heterocycles. The minimum absolute atomic E-state index is 0.214. The van der Waals surface area contributed by atoms with Gasteiger partial charge in [0.25, 0.3) is 0 Å². The lowest BCUT2D eigenvalue weighted by Gasteiger charge is -1.99. The summed E-state index contributed by atoms with van der Waals surface area (Å²) in [6, 6.07) is 20.7. The lowest BCUT2D eigenvalue weighted by molar-refractivity contribution is 0.628. The summed E-state index contributed by atoms with van der Waals surface area (Å²) in [5.74, 6) is -0.214. The van der Waals surface area contributed by atoms with Crippen molar-refractivity contribution in [3.8, 4) is 22.5 Å². The van der Waals surface area contributed by atoms with E-state index in [-0.39, 0.29) is 5.82 Å². The highest BCUT2D eigenvalue weighted by Gasteiger charge is 2.03. The molecule has 0 radical (unpaired) electrons. The summed E-state index contributed by atoms with van der Waals surface area (Å²) in [6.07, 6.45) is 0. The van der Waals surface area contributed by atoms with Gasteiger partial charge in [-0.3, -0.25) is 0 Å². The van der Waals surface area contributed by atoms with E-state index < -0.39 is 0 Å². The second-order valence-corrected chi connectivity index (χ2v) is 4.16. The van der Waals surface area contributed by atoms with Gasteiger partial charge in [0, 0.05) is 11.4 Å². The maximum Gasteiger partial charge on any atom is 0.123 e. The quantitative estimate of drug-likeness (QED) is 0.676. The number of hydrogen-bond donors (Lipinski definition) is 1. The van der Waals surface area contributed by atoms with Crippen molar-refractivity contribution in [2.24, 2.45) is 0 Å². The largest absolute Gasteiger partial charge is 0.355 e. The molecule has 0 atom stereocenters. The first-order valence-corrected chi connectivity index (χ1v) is 5.83. The first-order chi connectivity index (χ1) is 8.83. The van der Waals surface area contributed by atoms with Crippen LogP contribution in [0.4, 0.5) is 4.39 Å². The number of rotatable bonds is 2. The highest BCUT2D eigenvalue weighted by Crippen LogP contribution is 2.24. The Morgan fingerprint density at radius 1 is 0.611 bits per heavy atom. The Kier molecular flexibility index (Phi) is 2.69. The van der Waals surface area contributed by atoms with E-state index in [2.05, 4.69) is 17.1 Å². The molecule has 1 aromatic heterocycles. The van der Waals surface area contributed by atoms with E-state index >= 15 is 0 Å². The zero-order valence-corrected chi connectivity index (χ0v) is 9.73. The van der Waals surface area contributed by atoms with Crippen LogP contribution < -0.4 is 0 Å². The summed E-state index contributed by atoms with van der Waals surface area (Å²) in [7, 11) is 0. The van der Waals surface area contributed by atoms with Gasteiger partial charge in [-0.2, -0.15) is 0 Å². The predicted molar refractivity (Wildman–Crippen MR) is 71.6 cm³/mol. The van der Waals surface area contributed by atoms with Gasteiger partial charge in [-0.25, -0.2) is 4.39 Å². The topological polar surface area (TPSA) is 15.8 Å². The van der Waals surface area contributed by atoms with Crippen LogP contribution in [-0.2, 0) is 0 Å². The van der Waals surface area contributed by atoms with Crippen molar-refractivity contribution < 1.29 is 4.39 Å². The van der Waals surface area contributed by atoms with Gasteiger partial charge in [0.1, 0.15) is 5.82 Å². The van der Waals surface area contributed by atoms with E-state index in [0.717, 1.165) is 22.5 Å². The molecule has 0 bridgehead atoms. The van der Waals surface area contributed by atoms with Gasteiger partial charge in [-0.05, 0) is 47.5 Å². The Hall–Kier alpha value is -2.35. The minimum Gasteiger partial charge on any atom is -0.355 e. The molecule has 0 saturated heterocycles. The van der Waals surface area contributed by atoms with Crippen molar-refractivity contribution in [1.29, 1.82) is 0 Å². The van der Waals surface area contributed by atoms with Crippen molar-refractivity contribution in [2.45, 2.75) is 0 Å². The molecule has 2 heteroatoms. The predicted octanol–water partition coefficient (Wildman–Crippen LogP) is 4.49. The lowest BCUT2D eigenvalue weighted by Crippen LogP contribution is -1.80. The maximum absolute atomic E-state index is 12.9. The number of H-pyrrole nitrogens is 1. The van der Waals surface area contributed by atoms with Gasteiger partial charge < -0.3 is 4.98 Å². The summed E-state index contributed by atoms with van der Waals surface area (Å²) < 4.78 is 12.9. The Morgan fingerprint density at radius 2 is 1.17 bits per heavy atom. The van der Waals surface area contributed by atoms with E-state index in [9.17, 15) is 4.39 Å². The molecule has 0 amide bonds. The van der Waals surface area contributed by atoms with Crippen molar-refractivity contribution in [1.82, 2.24) is 4.98 Å². The standard InChI is InChI=1S/C16H12FN/c17-14-8-6-13(7-9-14)16-11-10-15(18-16)12-4-2-1-3-5-12/h1-11,18H. The van der Waals surface area contributed by atoms with Crippen LogP contribution in [0.5, 0.6) is 0 Å². The van der Waals surface area contributed by atoms with Crippen LogP contribution in [0.2, 0.25) is 0 Å². The Bertz CT molecular complexity index is 638. The molecule has 2 aromatic carbocycles. The fraction of sp³-hybridized carbons (Fsp3) is 0. The summed E-state index contributed by atoms with van der Waals surface area (Å²) >= 11 is 0. The van der Waals surface area contributed by atoms with Crippen LogP contribution in [0.1, 0.15) is 0 Å². The van der Waals surface area contributed by atoms with Gasteiger partial charge in [-0.15, -0.1) is 0 Å². The molecule has 88 valence electrons. The minimum atomic E-state index is -0.214. The highest BCUT2D eigenvalue weighted by molar-refractivity contribution is 5.68. The normalized spacial score (nSPS) is 10.5. The molecule has 3 rings (SSSR count). The molecule has 0 aliphatic rings. The zero-order valence-electron chi connectivity index (χ0n) is 9.73. The zero-order chi connectivity index (χ0) is 12.4. The van der Waals surface area contributed by atoms with E-state index in [0.29, 0.717) is 0 Å². The maximum atomic E-state index is 12.9. The SMILES string of the molecule is Fc1ccc(-c2ccc(-c3ccccc3)[nH]2)cc1. The van der Waals surface area contributed by atoms with Gasteiger partial charge >= 0.3 is 0 Å². The van der Waals surface area contributed by atoms with Crippen LogP contribution in [0.25, 0.3) is 22.5 Å². The third kappa shape index (κ3) is 2.05. The number of aromatic amines is 1. The molecule has 0 aliphatic carbocycles. The van der Waals surface area contributed by atoms with Crippen LogP contribution >= 0.6 is 0 Å². The first-order valence-electron chi connectivity index (χ1n) is 5.83. The van der Waals surface area contributed by atoms with Crippen molar-refractivity contribution >= 4 is 0 Å². The second kappa shape index (κ2) is 4.49. The van der Waals surface area contributed by atoms with Crippen LogP contribution in [0, 0.1) is 5.82 Å². The third-order valence-electron chi connectivity index (χ3n) is 2.93. The summed E-state index contributed by atoms with van der Waals surface area (Å²) in [6.45, 7) is 0. The van der Waals surface area contributed by atoms with E-state index in [1.807, 2.05) is 30.3 Å². The molecule has 3 aromatic rings. The summed E-state index contributed by atoms with van der Waals surface area (Å²) in [4.78, 5) is 3.34. The molecule has 18 heavy (non-hydrogen) atoms.